The zero-order chi connectivity index (χ0) is 14.3. The highest BCUT2D eigenvalue weighted by Crippen LogP contribution is 2.37. The molecule has 0 saturated heterocycles. The van der Waals surface area contributed by atoms with Crippen molar-refractivity contribution in [2.75, 3.05) is 6.54 Å². The highest BCUT2D eigenvalue weighted by molar-refractivity contribution is 7.21. The van der Waals surface area contributed by atoms with Gasteiger partial charge in [-0.3, -0.25) is 4.79 Å². The lowest BCUT2D eigenvalue weighted by atomic mass is 10.2. The van der Waals surface area contributed by atoms with Crippen molar-refractivity contribution >= 4 is 50.5 Å². The molecule has 6 heteroatoms. The van der Waals surface area contributed by atoms with E-state index in [9.17, 15) is 9.90 Å². The minimum atomic E-state index is -0.457. The number of aliphatic hydroxyl groups is 1. The molecule has 3 rings (SSSR count). The second-order valence-electron chi connectivity index (χ2n) is 5.00. The Hall–Kier alpha value is -0.810. The van der Waals surface area contributed by atoms with Crippen LogP contribution < -0.4 is 5.32 Å². The lowest BCUT2D eigenvalue weighted by molar-refractivity contribution is 0.0905. The lowest BCUT2D eigenvalue weighted by Crippen LogP contribution is -2.32. The van der Waals surface area contributed by atoms with Crippen LogP contribution in [-0.2, 0) is 0 Å². The van der Waals surface area contributed by atoms with Gasteiger partial charge in [0, 0.05) is 21.7 Å². The highest BCUT2D eigenvalue weighted by Gasteiger charge is 2.30. The molecule has 0 radical (unpaired) electrons. The average Bonchev–Trinajstić information content (AvgIpc) is 3.21. The van der Waals surface area contributed by atoms with Gasteiger partial charge >= 0.3 is 0 Å². The van der Waals surface area contributed by atoms with Crippen LogP contribution in [0.4, 0.5) is 0 Å². The number of hydrogen-bond donors (Lipinski definition) is 2. The molecule has 3 nitrogen and oxygen atoms in total. The molecule has 1 aliphatic rings. The maximum atomic E-state index is 12.1. The van der Waals surface area contributed by atoms with Gasteiger partial charge in [-0.25, -0.2) is 0 Å². The third-order valence-corrected chi connectivity index (χ3v) is 5.33. The molecule has 1 aliphatic carbocycles. The number of hydrogen-bond acceptors (Lipinski definition) is 3. The number of nitrogens with one attached hydrogen (secondary N) is 1. The number of benzene rings is 1. The third kappa shape index (κ3) is 2.79. The average molecular weight is 330 g/mol. The van der Waals surface area contributed by atoms with Crippen molar-refractivity contribution in [3.63, 3.8) is 0 Å². The summed E-state index contributed by atoms with van der Waals surface area (Å²) in [5, 5.41) is 14.4. The minimum absolute atomic E-state index is 0.243. The molecule has 106 valence electrons. The van der Waals surface area contributed by atoms with Crippen molar-refractivity contribution < 1.29 is 9.90 Å². The van der Waals surface area contributed by atoms with Crippen LogP contribution in [-0.4, -0.2) is 23.7 Å². The van der Waals surface area contributed by atoms with Crippen molar-refractivity contribution in [2.24, 2.45) is 5.92 Å². The highest BCUT2D eigenvalue weighted by atomic mass is 35.5. The van der Waals surface area contributed by atoms with E-state index in [1.165, 1.54) is 11.3 Å². The zero-order valence-corrected chi connectivity index (χ0v) is 12.9. The quantitative estimate of drug-likeness (QED) is 0.898. The maximum absolute atomic E-state index is 12.1. The van der Waals surface area contributed by atoms with E-state index < -0.39 is 6.10 Å². The number of amides is 1. The standard InChI is InChI=1S/C14H13Cl2NO2S/c15-8-3-4-9-11(5-8)20-13(12(9)16)14(19)17-6-10(18)7-1-2-7/h3-5,7,10,18H,1-2,6H2,(H,17,19). The van der Waals surface area contributed by atoms with Gasteiger partial charge in [0.05, 0.1) is 11.1 Å². The van der Waals surface area contributed by atoms with Crippen LogP contribution in [0.15, 0.2) is 18.2 Å². The Kier molecular flexibility index (Phi) is 3.91. The van der Waals surface area contributed by atoms with Crippen LogP contribution in [0.25, 0.3) is 10.1 Å². The number of rotatable bonds is 4. The maximum Gasteiger partial charge on any atom is 0.263 e. The minimum Gasteiger partial charge on any atom is -0.391 e. The molecule has 0 bridgehead atoms. The molecule has 0 aliphatic heterocycles. The lowest BCUT2D eigenvalue weighted by Gasteiger charge is -2.09. The number of fused-ring (bicyclic) bond motifs is 1. The summed E-state index contributed by atoms with van der Waals surface area (Å²) < 4.78 is 0.885. The number of carbonyl (C=O) groups is 1. The first kappa shape index (κ1) is 14.1. The fraction of sp³-hybridized carbons (Fsp3) is 0.357. The van der Waals surface area contributed by atoms with E-state index in [-0.39, 0.29) is 12.5 Å². The Bertz CT molecular complexity index is 666. The first-order valence-electron chi connectivity index (χ1n) is 6.40. The number of thiophene rings is 1. The first-order valence-corrected chi connectivity index (χ1v) is 7.97. The summed E-state index contributed by atoms with van der Waals surface area (Å²) in [5.41, 5.74) is 0. The molecule has 1 fully saturated rings. The molecule has 20 heavy (non-hydrogen) atoms. The van der Waals surface area contributed by atoms with Gasteiger partial charge in [-0.2, -0.15) is 0 Å². The molecule has 1 heterocycles. The summed E-state index contributed by atoms with van der Waals surface area (Å²) in [6, 6.07) is 5.36. The third-order valence-electron chi connectivity index (χ3n) is 3.44. The largest absolute Gasteiger partial charge is 0.391 e. The molecule has 1 atom stereocenters. The fourth-order valence-corrected chi connectivity index (χ4v) is 3.82. The Balaban J connectivity index is 1.78. The summed E-state index contributed by atoms with van der Waals surface area (Å²) in [5.74, 6) is 0.0963. The monoisotopic (exact) mass is 329 g/mol. The van der Waals surface area contributed by atoms with Crippen molar-refractivity contribution in [3.8, 4) is 0 Å². The summed E-state index contributed by atoms with van der Waals surface area (Å²) in [6.07, 6.45) is 1.62. The van der Waals surface area contributed by atoms with E-state index in [0.29, 0.717) is 20.8 Å². The molecule has 1 unspecified atom stereocenters. The second-order valence-corrected chi connectivity index (χ2v) is 6.87. The Morgan fingerprint density at radius 2 is 2.20 bits per heavy atom. The van der Waals surface area contributed by atoms with Crippen molar-refractivity contribution in [3.05, 3.63) is 33.1 Å². The summed E-state index contributed by atoms with van der Waals surface area (Å²) in [4.78, 5) is 12.6. The van der Waals surface area contributed by atoms with E-state index in [1.54, 1.807) is 12.1 Å². The van der Waals surface area contributed by atoms with Crippen molar-refractivity contribution in [1.82, 2.24) is 5.32 Å². The van der Waals surface area contributed by atoms with Gasteiger partial charge in [0.2, 0.25) is 0 Å². The molecule has 1 amide bonds. The molecule has 2 N–H and O–H groups in total. The van der Waals surface area contributed by atoms with Crippen molar-refractivity contribution in [1.29, 1.82) is 0 Å². The summed E-state index contributed by atoms with van der Waals surface area (Å²) >= 11 is 13.5. The first-order chi connectivity index (χ1) is 9.56. The normalized spacial score (nSPS) is 16.4. The smallest absolute Gasteiger partial charge is 0.263 e. The van der Waals surface area contributed by atoms with E-state index in [4.69, 9.17) is 23.2 Å². The predicted octanol–water partition coefficient (Wildman–Crippen LogP) is 3.71. The molecule has 0 spiro atoms. The Morgan fingerprint density at radius 3 is 2.90 bits per heavy atom. The van der Waals surface area contributed by atoms with E-state index in [0.717, 1.165) is 22.9 Å². The second kappa shape index (κ2) is 5.53. The van der Waals surface area contributed by atoms with Gasteiger partial charge in [0.25, 0.3) is 5.91 Å². The van der Waals surface area contributed by atoms with E-state index in [2.05, 4.69) is 5.32 Å². The van der Waals surface area contributed by atoms with Gasteiger partial charge in [-0.1, -0.05) is 29.3 Å². The Labute approximate surface area is 130 Å². The summed E-state index contributed by atoms with van der Waals surface area (Å²) in [7, 11) is 0. The zero-order valence-electron chi connectivity index (χ0n) is 10.5. The molecule has 1 aromatic heterocycles. The van der Waals surface area contributed by atoms with Crippen LogP contribution in [0.2, 0.25) is 10.0 Å². The summed E-state index contributed by atoms with van der Waals surface area (Å²) in [6.45, 7) is 0.273. The van der Waals surface area contributed by atoms with Crippen LogP contribution in [0.1, 0.15) is 22.5 Å². The van der Waals surface area contributed by atoms with E-state index >= 15 is 0 Å². The number of halogens is 2. The fourth-order valence-electron chi connectivity index (χ4n) is 2.11. The molecular weight excluding hydrogens is 317 g/mol. The van der Waals surface area contributed by atoms with Gasteiger partial charge in [0.15, 0.2) is 0 Å². The van der Waals surface area contributed by atoms with Gasteiger partial charge < -0.3 is 10.4 Å². The molecule has 2 aromatic rings. The van der Waals surface area contributed by atoms with Crippen LogP contribution in [0.3, 0.4) is 0 Å². The predicted molar refractivity (Wildman–Crippen MR) is 82.9 cm³/mol. The van der Waals surface area contributed by atoms with Crippen LogP contribution in [0, 0.1) is 5.92 Å². The van der Waals surface area contributed by atoms with Gasteiger partial charge in [0.1, 0.15) is 4.88 Å². The number of aliphatic hydroxyl groups excluding tert-OH is 1. The molecule has 1 saturated carbocycles. The SMILES string of the molecule is O=C(NCC(O)C1CC1)c1sc2cc(Cl)ccc2c1Cl. The topological polar surface area (TPSA) is 49.3 Å². The number of carbonyl (C=O) groups excluding carboxylic acids is 1. The van der Waals surface area contributed by atoms with Gasteiger partial charge in [-0.15, -0.1) is 11.3 Å². The van der Waals surface area contributed by atoms with Crippen molar-refractivity contribution in [2.45, 2.75) is 18.9 Å². The van der Waals surface area contributed by atoms with Crippen LogP contribution >= 0.6 is 34.5 Å². The molecule has 1 aromatic carbocycles. The Morgan fingerprint density at radius 1 is 1.45 bits per heavy atom. The van der Waals surface area contributed by atoms with E-state index in [1.807, 2.05) is 6.07 Å². The van der Waals surface area contributed by atoms with Gasteiger partial charge in [-0.05, 0) is 30.9 Å². The van der Waals surface area contributed by atoms with Crippen LogP contribution in [0.5, 0.6) is 0 Å². The molecular formula is C14H13Cl2NO2S.